The summed E-state index contributed by atoms with van der Waals surface area (Å²) in [6.07, 6.45) is 2.07. The Labute approximate surface area is 191 Å². The number of carbonyl (C=O) groups excluding carboxylic acids is 2. The van der Waals surface area contributed by atoms with Crippen LogP contribution < -0.4 is 10.6 Å². The van der Waals surface area contributed by atoms with Crippen LogP contribution in [0.5, 0.6) is 0 Å². The van der Waals surface area contributed by atoms with E-state index in [0.717, 1.165) is 30.8 Å². The van der Waals surface area contributed by atoms with Crippen molar-refractivity contribution >= 4 is 46.4 Å². The summed E-state index contributed by atoms with van der Waals surface area (Å²) in [5, 5.41) is 10.9. The van der Waals surface area contributed by atoms with Crippen molar-refractivity contribution in [1.29, 1.82) is 0 Å². The second-order valence-corrected chi connectivity index (χ2v) is 8.04. The van der Waals surface area contributed by atoms with Gasteiger partial charge in [0, 0.05) is 11.6 Å². The molecule has 0 spiro atoms. The number of nitrogens with one attached hydrogen (secondary N) is 2. The fraction of sp³-hybridized carbons (Fsp3) is 0.261. The number of unbranched alkanes of at least 4 members (excludes halogenated alkanes) is 1. The van der Waals surface area contributed by atoms with Crippen LogP contribution in [-0.4, -0.2) is 21.6 Å². The maximum absolute atomic E-state index is 13.0. The first-order valence-corrected chi connectivity index (χ1v) is 10.8. The van der Waals surface area contributed by atoms with Gasteiger partial charge in [0.1, 0.15) is 0 Å². The maximum atomic E-state index is 13.0. The summed E-state index contributed by atoms with van der Waals surface area (Å²) < 4.78 is 1.91. The van der Waals surface area contributed by atoms with E-state index < -0.39 is 5.91 Å². The second kappa shape index (κ2) is 9.98. The predicted molar refractivity (Wildman–Crippen MR) is 125 cm³/mol. The normalized spacial score (nSPS) is 10.7. The molecule has 3 rings (SSSR count). The minimum absolute atomic E-state index is 0.234. The zero-order valence-electron chi connectivity index (χ0n) is 17.6. The van der Waals surface area contributed by atoms with Gasteiger partial charge in [-0.15, -0.1) is 0 Å². The number of carbonyl (C=O) groups is 2. The van der Waals surface area contributed by atoms with E-state index in [1.807, 2.05) is 18.5 Å². The van der Waals surface area contributed by atoms with Gasteiger partial charge < -0.3 is 10.6 Å². The first kappa shape index (κ1) is 22.8. The number of hydrogen-bond donors (Lipinski definition) is 2. The molecule has 8 heteroatoms. The number of rotatable bonds is 7. The number of anilines is 2. The zero-order chi connectivity index (χ0) is 22.5. The highest BCUT2D eigenvalue weighted by atomic mass is 35.5. The van der Waals surface area contributed by atoms with Crippen LogP contribution in [0, 0.1) is 13.8 Å². The third-order valence-corrected chi connectivity index (χ3v) is 5.49. The molecule has 1 aromatic heterocycles. The Morgan fingerprint density at radius 3 is 2.42 bits per heavy atom. The van der Waals surface area contributed by atoms with Gasteiger partial charge in [-0.2, -0.15) is 5.10 Å². The minimum Gasteiger partial charge on any atom is -0.321 e. The standard InChI is InChI=1S/C23H24Cl2N4O2/c1-4-5-12-29-15(3)21(14(2)28-29)27-23(31)18-8-6-7-9-20(18)26-22(30)17-11-10-16(24)13-19(17)25/h6-11,13H,4-5,12H2,1-3H3,(H,26,30)(H,27,31). The number of amides is 2. The molecule has 0 aliphatic carbocycles. The zero-order valence-corrected chi connectivity index (χ0v) is 19.1. The summed E-state index contributed by atoms with van der Waals surface area (Å²) in [4.78, 5) is 25.8. The molecule has 0 fully saturated rings. The van der Waals surface area contributed by atoms with Crippen molar-refractivity contribution in [2.24, 2.45) is 0 Å². The van der Waals surface area contributed by atoms with E-state index in [0.29, 0.717) is 22.0 Å². The van der Waals surface area contributed by atoms with Gasteiger partial charge >= 0.3 is 0 Å². The van der Waals surface area contributed by atoms with Crippen molar-refractivity contribution in [3.8, 4) is 0 Å². The highest BCUT2D eigenvalue weighted by molar-refractivity contribution is 6.37. The minimum atomic E-state index is -0.429. The Morgan fingerprint density at radius 1 is 1.00 bits per heavy atom. The molecule has 2 aromatic carbocycles. The molecule has 0 aliphatic rings. The van der Waals surface area contributed by atoms with Gasteiger partial charge in [0.05, 0.1) is 38.9 Å². The molecular formula is C23H24Cl2N4O2. The second-order valence-electron chi connectivity index (χ2n) is 7.20. The molecular weight excluding hydrogens is 435 g/mol. The lowest BCUT2D eigenvalue weighted by atomic mass is 10.1. The van der Waals surface area contributed by atoms with E-state index in [1.165, 1.54) is 6.07 Å². The number of para-hydroxylation sites is 1. The van der Waals surface area contributed by atoms with E-state index in [1.54, 1.807) is 36.4 Å². The lowest BCUT2D eigenvalue weighted by Crippen LogP contribution is -2.19. The first-order chi connectivity index (χ1) is 14.8. The summed E-state index contributed by atoms with van der Waals surface area (Å²) in [6.45, 7) is 6.72. The summed E-state index contributed by atoms with van der Waals surface area (Å²) in [7, 11) is 0. The molecule has 162 valence electrons. The van der Waals surface area contributed by atoms with Crippen LogP contribution in [0.4, 0.5) is 11.4 Å². The molecule has 0 radical (unpaired) electrons. The van der Waals surface area contributed by atoms with E-state index in [-0.39, 0.29) is 16.5 Å². The molecule has 2 amide bonds. The summed E-state index contributed by atoms with van der Waals surface area (Å²) in [5.41, 5.74) is 3.31. The average Bonchev–Trinajstić information content (AvgIpc) is 2.99. The Balaban J connectivity index is 1.82. The lowest BCUT2D eigenvalue weighted by Gasteiger charge is -2.12. The summed E-state index contributed by atoms with van der Waals surface area (Å²) in [5.74, 6) is -0.763. The van der Waals surface area contributed by atoms with Crippen LogP contribution >= 0.6 is 23.2 Å². The highest BCUT2D eigenvalue weighted by Crippen LogP contribution is 2.25. The summed E-state index contributed by atoms with van der Waals surface area (Å²) >= 11 is 12.0. The molecule has 31 heavy (non-hydrogen) atoms. The van der Waals surface area contributed by atoms with Crippen molar-refractivity contribution in [1.82, 2.24) is 9.78 Å². The van der Waals surface area contributed by atoms with Crippen LogP contribution in [0.2, 0.25) is 10.0 Å². The predicted octanol–water partition coefficient (Wildman–Crippen LogP) is 6.11. The lowest BCUT2D eigenvalue weighted by molar-refractivity contribution is 0.102. The Hall–Kier alpha value is -2.83. The van der Waals surface area contributed by atoms with Crippen molar-refractivity contribution in [2.75, 3.05) is 10.6 Å². The molecule has 0 bridgehead atoms. The largest absolute Gasteiger partial charge is 0.321 e. The molecule has 6 nitrogen and oxygen atoms in total. The summed E-state index contributed by atoms with van der Waals surface area (Å²) in [6, 6.07) is 11.4. The van der Waals surface area contributed by atoms with Crippen molar-refractivity contribution in [2.45, 2.75) is 40.2 Å². The fourth-order valence-corrected chi connectivity index (χ4v) is 3.73. The highest BCUT2D eigenvalue weighted by Gasteiger charge is 2.19. The van der Waals surface area contributed by atoms with Crippen LogP contribution in [0.1, 0.15) is 51.9 Å². The van der Waals surface area contributed by atoms with E-state index >= 15 is 0 Å². The van der Waals surface area contributed by atoms with Gasteiger partial charge in [-0.05, 0) is 50.6 Å². The third-order valence-electron chi connectivity index (χ3n) is 4.94. The van der Waals surface area contributed by atoms with E-state index in [9.17, 15) is 9.59 Å². The number of halogens is 2. The Bertz CT molecular complexity index is 1120. The van der Waals surface area contributed by atoms with Gasteiger partial charge in [-0.3, -0.25) is 14.3 Å². The SMILES string of the molecule is CCCCn1nc(C)c(NC(=O)c2ccccc2NC(=O)c2ccc(Cl)cc2Cl)c1C. The van der Waals surface area contributed by atoms with Gasteiger partial charge in [0.25, 0.3) is 11.8 Å². The average molecular weight is 459 g/mol. The molecule has 3 aromatic rings. The molecule has 2 N–H and O–H groups in total. The first-order valence-electron chi connectivity index (χ1n) is 10.0. The van der Waals surface area contributed by atoms with E-state index in [4.69, 9.17) is 23.2 Å². The van der Waals surface area contributed by atoms with Crippen molar-refractivity contribution in [3.05, 3.63) is 75.0 Å². The third kappa shape index (κ3) is 5.27. The Morgan fingerprint density at radius 2 is 1.71 bits per heavy atom. The van der Waals surface area contributed by atoms with E-state index in [2.05, 4.69) is 22.7 Å². The van der Waals surface area contributed by atoms with Gasteiger partial charge in [-0.1, -0.05) is 48.7 Å². The monoisotopic (exact) mass is 458 g/mol. The van der Waals surface area contributed by atoms with Crippen LogP contribution in [-0.2, 0) is 6.54 Å². The number of aromatic nitrogens is 2. The number of aryl methyl sites for hydroxylation is 2. The molecule has 1 heterocycles. The van der Waals surface area contributed by atoms with Crippen LogP contribution in [0.3, 0.4) is 0 Å². The van der Waals surface area contributed by atoms with Gasteiger partial charge in [-0.25, -0.2) is 0 Å². The maximum Gasteiger partial charge on any atom is 0.257 e. The van der Waals surface area contributed by atoms with Crippen LogP contribution in [0.15, 0.2) is 42.5 Å². The van der Waals surface area contributed by atoms with Crippen molar-refractivity contribution < 1.29 is 9.59 Å². The van der Waals surface area contributed by atoms with Gasteiger partial charge in [0.2, 0.25) is 0 Å². The fourth-order valence-electron chi connectivity index (χ4n) is 3.24. The number of hydrogen-bond acceptors (Lipinski definition) is 3. The quantitative estimate of drug-likeness (QED) is 0.448. The van der Waals surface area contributed by atoms with Crippen LogP contribution in [0.25, 0.3) is 0 Å². The molecule has 0 aliphatic heterocycles. The molecule has 0 saturated carbocycles. The van der Waals surface area contributed by atoms with Gasteiger partial charge in [0.15, 0.2) is 0 Å². The number of nitrogens with zero attached hydrogens (tertiary/aromatic N) is 2. The molecule has 0 atom stereocenters. The van der Waals surface area contributed by atoms with Crippen molar-refractivity contribution in [3.63, 3.8) is 0 Å². The topological polar surface area (TPSA) is 76.0 Å². The molecule has 0 saturated heterocycles. The molecule has 0 unspecified atom stereocenters. The Kier molecular flexibility index (Phi) is 7.36. The smallest absolute Gasteiger partial charge is 0.257 e. The number of benzene rings is 2.